The van der Waals surface area contributed by atoms with E-state index in [1.165, 1.54) is 28.8 Å². The number of amides is 1. The first-order valence-corrected chi connectivity index (χ1v) is 9.21. The van der Waals surface area contributed by atoms with Crippen LogP contribution in [-0.2, 0) is 22.3 Å². The molecule has 3 rings (SSSR count). The van der Waals surface area contributed by atoms with Crippen LogP contribution in [0.1, 0.15) is 22.8 Å². The zero-order chi connectivity index (χ0) is 21.2. The molecule has 1 aromatic heterocycles. The van der Waals surface area contributed by atoms with Gasteiger partial charge in [0.2, 0.25) is 0 Å². The number of ether oxygens (including phenoxy) is 1. The van der Waals surface area contributed by atoms with Gasteiger partial charge >= 0.3 is 12.1 Å². The van der Waals surface area contributed by atoms with Gasteiger partial charge in [0.1, 0.15) is 12.4 Å². The summed E-state index contributed by atoms with van der Waals surface area (Å²) in [5.41, 5.74) is -0.789. The minimum absolute atomic E-state index is 0.0427. The Morgan fingerprint density at radius 1 is 1.17 bits per heavy atom. The predicted molar refractivity (Wildman–Crippen MR) is 97.7 cm³/mol. The number of halogens is 4. The third-order valence-corrected chi connectivity index (χ3v) is 4.91. The maximum absolute atomic E-state index is 13.5. The number of aromatic nitrogens is 1. The fourth-order valence-corrected chi connectivity index (χ4v) is 3.65. The second-order valence-electron chi connectivity index (χ2n) is 5.88. The highest BCUT2D eigenvalue weighted by Crippen LogP contribution is 2.29. The zero-order valence-electron chi connectivity index (χ0n) is 15.0. The summed E-state index contributed by atoms with van der Waals surface area (Å²) in [6, 6.07) is 7.70. The standard InChI is InChI=1S/C19H14F4N2O3S/c1-2-28-16(26)10-25-14-7-6-13(20)9-15(14)29-18(25)24-17(27)11-4-3-5-12(8-11)19(21,22)23/h3-9H,2,10H2,1H3. The first-order chi connectivity index (χ1) is 13.7. The van der Waals surface area contributed by atoms with Crippen LogP contribution in [0, 0.1) is 5.82 Å². The van der Waals surface area contributed by atoms with Crippen molar-refractivity contribution in [1.82, 2.24) is 4.57 Å². The van der Waals surface area contributed by atoms with Crippen molar-refractivity contribution in [3.05, 3.63) is 64.2 Å². The SMILES string of the molecule is CCOC(=O)Cn1c(=NC(=O)c2cccc(C(F)(F)F)c2)sc2cc(F)ccc21. The molecule has 0 unspecified atom stereocenters. The van der Waals surface area contributed by atoms with Crippen molar-refractivity contribution in [2.24, 2.45) is 4.99 Å². The Morgan fingerprint density at radius 3 is 2.62 bits per heavy atom. The normalized spacial score (nSPS) is 12.4. The second-order valence-corrected chi connectivity index (χ2v) is 6.89. The quantitative estimate of drug-likeness (QED) is 0.465. The summed E-state index contributed by atoms with van der Waals surface area (Å²) >= 11 is 0.936. The van der Waals surface area contributed by atoms with Crippen LogP contribution in [0.25, 0.3) is 10.2 Å². The van der Waals surface area contributed by atoms with E-state index < -0.39 is 29.4 Å². The summed E-state index contributed by atoms with van der Waals surface area (Å²) in [7, 11) is 0. The summed E-state index contributed by atoms with van der Waals surface area (Å²) in [5.74, 6) is -2.02. The monoisotopic (exact) mass is 426 g/mol. The second kappa shape index (κ2) is 8.16. The molecule has 0 N–H and O–H groups in total. The van der Waals surface area contributed by atoms with Gasteiger partial charge in [-0.15, -0.1) is 0 Å². The lowest BCUT2D eigenvalue weighted by atomic mass is 10.1. The molecule has 5 nitrogen and oxygen atoms in total. The van der Waals surface area contributed by atoms with E-state index in [0.717, 1.165) is 23.5 Å². The van der Waals surface area contributed by atoms with Crippen molar-refractivity contribution in [2.75, 3.05) is 6.61 Å². The number of rotatable bonds is 4. The Kier molecular flexibility index (Phi) is 5.83. The highest BCUT2D eigenvalue weighted by Gasteiger charge is 2.30. The molecule has 152 valence electrons. The van der Waals surface area contributed by atoms with Crippen molar-refractivity contribution in [3.8, 4) is 0 Å². The number of esters is 1. The number of alkyl halides is 3. The topological polar surface area (TPSA) is 60.7 Å². The number of thiazole rings is 1. The predicted octanol–water partition coefficient (Wildman–Crippen LogP) is 4.16. The molecule has 0 radical (unpaired) electrons. The van der Waals surface area contributed by atoms with Gasteiger partial charge in [-0.25, -0.2) is 4.39 Å². The van der Waals surface area contributed by atoms with E-state index in [1.54, 1.807) is 6.92 Å². The third-order valence-electron chi connectivity index (χ3n) is 3.87. The maximum atomic E-state index is 13.5. The highest BCUT2D eigenvalue weighted by atomic mass is 32.1. The molecule has 2 aromatic carbocycles. The molecule has 0 fully saturated rings. The van der Waals surface area contributed by atoms with Gasteiger partial charge in [0.25, 0.3) is 5.91 Å². The van der Waals surface area contributed by atoms with Gasteiger partial charge in [-0.05, 0) is 43.3 Å². The molecule has 0 aliphatic rings. The summed E-state index contributed by atoms with van der Waals surface area (Å²) in [5, 5.41) is 0. The van der Waals surface area contributed by atoms with E-state index in [9.17, 15) is 27.2 Å². The van der Waals surface area contributed by atoms with E-state index in [0.29, 0.717) is 16.3 Å². The molecule has 0 saturated heterocycles. The van der Waals surface area contributed by atoms with Crippen LogP contribution in [0.3, 0.4) is 0 Å². The van der Waals surface area contributed by atoms with Crippen molar-refractivity contribution in [1.29, 1.82) is 0 Å². The van der Waals surface area contributed by atoms with Crippen LogP contribution in [0.2, 0.25) is 0 Å². The number of carbonyl (C=O) groups is 2. The molecular weight excluding hydrogens is 412 g/mol. The summed E-state index contributed by atoms with van der Waals surface area (Å²) in [4.78, 5) is 28.3. The van der Waals surface area contributed by atoms with E-state index in [1.807, 2.05) is 0 Å². The molecule has 3 aromatic rings. The molecule has 0 aliphatic heterocycles. The Morgan fingerprint density at radius 2 is 1.93 bits per heavy atom. The number of fused-ring (bicyclic) bond motifs is 1. The zero-order valence-corrected chi connectivity index (χ0v) is 15.8. The van der Waals surface area contributed by atoms with Gasteiger partial charge in [0.15, 0.2) is 4.80 Å². The van der Waals surface area contributed by atoms with Gasteiger partial charge in [0, 0.05) is 5.56 Å². The molecule has 0 saturated carbocycles. The number of benzene rings is 2. The van der Waals surface area contributed by atoms with E-state index in [4.69, 9.17) is 4.74 Å². The van der Waals surface area contributed by atoms with Gasteiger partial charge in [0.05, 0.1) is 22.4 Å². The largest absolute Gasteiger partial charge is 0.465 e. The summed E-state index contributed by atoms with van der Waals surface area (Å²) in [6.45, 7) is 1.49. The van der Waals surface area contributed by atoms with E-state index in [-0.39, 0.29) is 23.5 Å². The number of nitrogens with zero attached hydrogens (tertiary/aromatic N) is 2. The fourth-order valence-electron chi connectivity index (χ4n) is 2.60. The third kappa shape index (κ3) is 4.70. The summed E-state index contributed by atoms with van der Waals surface area (Å²) < 4.78 is 58.9. The molecule has 0 spiro atoms. The lowest BCUT2D eigenvalue weighted by Gasteiger charge is -2.07. The number of hydrogen-bond donors (Lipinski definition) is 0. The number of carbonyl (C=O) groups excluding carboxylic acids is 2. The maximum Gasteiger partial charge on any atom is 0.416 e. The highest BCUT2D eigenvalue weighted by molar-refractivity contribution is 7.16. The van der Waals surface area contributed by atoms with Crippen molar-refractivity contribution < 1.29 is 31.9 Å². The van der Waals surface area contributed by atoms with E-state index in [2.05, 4.69) is 4.99 Å². The van der Waals surface area contributed by atoms with Crippen LogP contribution < -0.4 is 4.80 Å². The number of hydrogen-bond acceptors (Lipinski definition) is 4. The lowest BCUT2D eigenvalue weighted by Crippen LogP contribution is -2.23. The van der Waals surface area contributed by atoms with Gasteiger partial charge in [-0.3, -0.25) is 9.59 Å². The minimum atomic E-state index is -4.60. The molecule has 0 atom stereocenters. The molecule has 29 heavy (non-hydrogen) atoms. The lowest BCUT2D eigenvalue weighted by molar-refractivity contribution is -0.143. The smallest absolute Gasteiger partial charge is 0.416 e. The molecule has 0 bridgehead atoms. The van der Waals surface area contributed by atoms with Crippen LogP contribution in [-0.4, -0.2) is 23.1 Å². The van der Waals surface area contributed by atoms with Crippen LogP contribution >= 0.6 is 11.3 Å². The summed E-state index contributed by atoms with van der Waals surface area (Å²) in [6.07, 6.45) is -4.60. The van der Waals surface area contributed by atoms with Gasteiger partial charge < -0.3 is 9.30 Å². The van der Waals surface area contributed by atoms with E-state index >= 15 is 0 Å². The molecule has 10 heteroatoms. The van der Waals surface area contributed by atoms with Crippen LogP contribution in [0.15, 0.2) is 47.5 Å². The molecule has 1 amide bonds. The van der Waals surface area contributed by atoms with Gasteiger partial charge in [-0.2, -0.15) is 18.2 Å². The van der Waals surface area contributed by atoms with Crippen LogP contribution in [0.4, 0.5) is 17.6 Å². The first-order valence-electron chi connectivity index (χ1n) is 8.40. The van der Waals surface area contributed by atoms with Crippen molar-refractivity contribution in [3.63, 3.8) is 0 Å². The minimum Gasteiger partial charge on any atom is -0.465 e. The van der Waals surface area contributed by atoms with Gasteiger partial charge in [-0.1, -0.05) is 17.4 Å². The first kappa shape index (κ1) is 20.7. The van der Waals surface area contributed by atoms with Crippen LogP contribution in [0.5, 0.6) is 0 Å². The molecular formula is C19H14F4N2O3S. The average Bonchev–Trinajstić information content (AvgIpc) is 2.97. The Balaban J connectivity index is 2.09. The Labute approximate surface area is 165 Å². The molecule has 0 aliphatic carbocycles. The fraction of sp³-hybridized carbons (Fsp3) is 0.211. The Hall–Kier alpha value is -3.01. The van der Waals surface area contributed by atoms with Crippen molar-refractivity contribution in [2.45, 2.75) is 19.6 Å². The molecule has 1 heterocycles. The Bertz CT molecular complexity index is 1150. The van der Waals surface area contributed by atoms with Crippen molar-refractivity contribution >= 4 is 33.4 Å². The average molecular weight is 426 g/mol.